The molecule has 0 saturated heterocycles. The lowest BCUT2D eigenvalue weighted by Crippen LogP contribution is -2.10. The Bertz CT molecular complexity index is 2530. The van der Waals surface area contributed by atoms with Gasteiger partial charge in [0.1, 0.15) is 5.58 Å². The van der Waals surface area contributed by atoms with Gasteiger partial charge in [-0.1, -0.05) is 146 Å². The van der Waals surface area contributed by atoms with E-state index in [0.717, 1.165) is 50.1 Å². The lowest BCUT2D eigenvalue weighted by molar-refractivity contribution is 0.669. The maximum absolute atomic E-state index is 6.69. The molecule has 0 spiro atoms. The fraction of sp³-hybridized carbons (Fsp3) is 0. The third kappa shape index (κ3) is 4.92. The Morgan fingerprint density at radius 2 is 0.896 bits per heavy atom. The van der Waals surface area contributed by atoms with Gasteiger partial charge in [-0.25, -0.2) is 0 Å². The van der Waals surface area contributed by atoms with Crippen LogP contribution in [0.15, 0.2) is 192 Å². The Balaban J connectivity index is 1.26. The van der Waals surface area contributed by atoms with Crippen molar-refractivity contribution < 1.29 is 4.42 Å². The Labute approximate surface area is 279 Å². The van der Waals surface area contributed by atoms with E-state index in [1.807, 2.05) is 6.07 Å². The topological polar surface area (TPSA) is 16.4 Å². The first-order valence-corrected chi connectivity index (χ1v) is 16.3. The first kappa shape index (κ1) is 27.9. The van der Waals surface area contributed by atoms with Crippen LogP contribution in [-0.4, -0.2) is 0 Å². The third-order valence-corrected chi connectivity index (χ3v) is 9.27. The van der Waals surface area contributed by atoms with Gasteiger partial charge in [-0.05, 0) is 86.6 Å². The molecule has 0 atom stereocenters. The predicted molar refractivity (Wildman–Crippen MR) is 202 cm³/mol. The number of fused-ring (bicyclic) bond motifs is 4. The highest BCUT2D eigenvalue weighted by Gasteiger charge is 2.21. The van der Waals surface area contributed by atoms with Crippen molar-refractivity contribution in [1.82, 2.24) is 0 Å². The average molecular weight is 614 g/mol. The molecule has 0 radical (unpaired) electrons. The molecule has 9 aromatic rings. The first-order chi connectivity index (χ1) is 23.8. The van der Waals surface area contributed by atoms with Crippen LogP contribution in [0.1, 0.15) is 0 Å². The highest BCUT2D eigenvalue weighted by atomic mass is 16.3. The highest BCUT2D eigenvalue weighted by molar-refractivity contribution is 6.12. The molecule has 0 bridgehead atoms. The summed E-state index contributed by atoms with van der Waals surface area (Å²) in [6.45, 7) is 0. The standard InChI is InChI=1S/C46H31NO/c1-3-12-32(13-4-1)34-22-26-38(27-23-34)47(39-28-24-36(25-29-39)41-20-11-17-35-16-7-8-18-40(35)41)44-31-37(33-14-5-2-6-15-33)30-43-42-19-9-10-21-45(42)48-46(43)44/h1-31H. The molecule has 0 aliphatic heterocycles. The second-order valence-corrected chi connectivity index (χ2v) is 12.2. The van der Waals surface area contributed by atoms with Crippen molar-refractivity contribution in [3.8, 4) is 33.4 Å². The van der Waals surface area contributed by atoms with Crippen LogP contribution in [0.4, 0.5) is 17.1 Å². The molecule has 0 unspecified atom stereocenters. The SMILES string of the molecule is c1ccc(-c2ccc(N(c3ccc(-c4cccc5ccccc45)cc3)c3cc(-c4ccccc4)cc4c3oc3ccccc34)cc2)cc1. The maximum atomic E-state index is 6.69. The minimum absolute atomic E-state index is 0.862. The summed E-state index contributed by atoms with van der Waals surface area (Å²) in [6.07, 6.45) is 0. The van der Waals surface area contributed by atoms with E-state index in [4.69, 9.17) is 4.42 Å². The van der Waals surface area contributed by atoms with Gasteiger partial charge in [0.15, 0.2) is 5.58 Å². The van der Waals surface area contributed by atoms with Crippen LogP contribution in [-0.2, 0) is 0 Å². The van der Waals surface area contributed by atoms with Crippen molar-refractivity contribution in [3.63, 3.8) is 0 Å². The van der Waals surface area contributed by atoms with Crippen LogP contribution in [0.3, 0.4) is 0 Å². The highest BCUT2D eigenvalue weighted by Crippen LogP contribution is 2.45. The summed E-state index contributed by atoms with van der Waals surface area (Å²) < 4.78 is 6.69. The second kappa shape index (κ2) is 11.8. The predicted octanol–water partition coefficient (Wildman–Crippen LogP) is 13.2. The van der Waals surface area contributed by atoms with Gasteiger partial charge >= 0.3 is 0 Å². The Kier molecular flexibility index (Phi) is 6.84. The molecular weight excluding hydrogens is 583 g/mol. The molecule has 0 fully saturated rings. The molecular formula is C46H31NO. The third-order valence-electron chi connectivity index (χ3n) is 9.27. The molecule has 0 amide bonds. The minimum Gasteiger partial charge on any atom is -0.454 e. The van der Waals surface area contributed by atoms with Crippen LogP contribution in [0.25, 0.3) is 66.1 Å². The van der Waals surface area contributed by atoms with Gasteiger partial charge in [0.05, 0.1) is 5.69 Å². The van der Waals surface area contributed by atoms with Gasteiger partial charge in [0, 0.05) is 22.1 Å². The molecule has 2 nitrogen and oxygen atoms in total. The summed E-state index contributed by atoms with van der Waals surface area (Å²) in [5, 5.41) is 4.70. The van der Waals surface area contributed by atoms with Gasteiger partial charge in [-0.15, -0.1) is 0 Å². The van der Waals surface area contributed by atoms with E-state index in [1.165, 1.54) is 33.0 Å². The molecule has 1 heterocycles. The molecule has 226 valence electrons. The van der Waals surface area contributed by atoms with E-state index in [2.05, 4.69) is 187 Å². The summed E-state index contributed by atoms with van der Waals surface area (Å²) in [4.78, 5) is 2.33. The largest absolute Gasteiger partial charge is 0.454 e. The van der Waals surface area contributed by atoms with E-state index in [-0.39, 0.29) is 0 Å². The maximum Gasteiger partial charge on any atom is 0.159 e. The van der Waals surface area contributed by atoms with Crippen LogP contribution >= 0.6 is 0 Å². The van der Waals surface area contributed by atoms with Gasteiger partial charge in [-0.3, -0.25) is 0 Å². The number of nitrogens with zero attached hydrogens (tertiary/aromatic N) is 1. The molecule has 0 aliphatic rings. The van der Waals surface area contributed by atoms with Crippen molar-refractivity contribution in [1.29, 1.82) is 0 Å². The summed E-state index contributed by atoms with van der Waals surface area (Å²) in [6, 6.07) is 66.8. The molecule has 0 aliphatic carbocycles. The number of hydrogen-bond acceptors (Lipinski definition) is 2. The number of benzene rings is 8. The molecule has 2 heteroatoms. The van der Waals surface area contributed by atoms with Crippen molar-refractivity contribution in [2.75, 3.05) is 4.90 Å². The van der Waals surface area contributed by atoms with Crippen molar-refractivity contribution >= 4 is 49.8 Å². The van der Waals surface area contributed by atoms with Crippen LogP contribution in [0.2, 0.25) is 0 Å². The monoisotopic (exact) mass is 613 g/mol. The van der Waals surface area contributed by atoms with Gasteiger partial charge < -0.3 is 9.32 Å². The normalized spacial score (nSPS) is 11.3. The lowest BCUT2D eigenvalue weighted by atomic mass is 9.97. The molecule has 0 saturated carbocycles. The van der Waals surface area contributed by atoms with E-state index in [9.17, 15) is 0 Å². The van der Waals surface area contributed by atoms with Crippen molar-refractivity contribution in [3.05, 3.63) is 188 Å². The molecule has 9 rings (SSSR count). The summed E-state index contributed by atoms with van der Waals surface area (Å²) in [5.74, 6) is 0. The number of para-hydroxylation sites is 1. The van der Waals surface area contributed by atoms with Gasteiger partial charge in [-0.2, -0.15) is 0 Å². The van der Waals surface area contributed by atoms with Crippen LogP contribution < -0.4 is 4.90 Å². The average Bonchev–Trinajstić information content (AvgIpc) is 3.55. The van der Waals surface area contributed by atoms with Gasteiger partial charge in [0.2, 0.25) is 0 Å². The summed E-state index contributed by atoms with van der Waals surface area (Å²) >= 11 is 0. The summed E-state index contributed by atoms with van der Waals surface area (Å²) in [7, 11) is 0. The molecule has 1 aromatic heterocycles. The molecule has 48 heavy (non-hydrogen) atoms. The summed E-state index contributed by atoms with van der Waals surface area (Å²) in [5.41, 5.74) is 11.9. The van der Waals surface area contributed by atoms with E-state index in [1.54, 1.807) is 0 Å². The van der Waals surface area contributed by atoms with Crippen LogP contribution in [0.5, 0.6) is 0 Å². The van der Waals surface area contributed by atoms with Crippen LogP contribution in [0, 0.1) is 0 Å². The quantitative estimate of drug-likeness (QED) is 0.185. The number of rotatable bonds is 6. The number of hydrogen-bond donors (Lipinski definition) is 0. The fourth-order valence-electron chi connectivity index (χ4n) is 6.90. The first-order valence-electron chi connectivity index (χ1n) is 16.3. The Morgan fingerprint density at radius 1 is 0.354 bits per heavy atom. The number of furan rings is 1. The van der Waals surface area contributed by atoms with E-state index in [0.29, 0.717) is 0 Å². The number of anilines is 3. The zero-order valence-corrected chi connectivity index (χ0v) is 26.3. The Morgan fingerprint density at radius 3 is 1.60 bits per heavy atom. The lowest BCUT2D eigenvalue weighted by Gasteiger charge is -2.27. The zero-order valence-electron chi connectivity index (χ0n) is 26.3. The van der Waals surface area contributed by atoms with Gasteiger partial charge in [0.25, 0.3) is 0 Å². The zero-order chi connectivity index (χ0) is 31.9. The molecule has 0 N–H and O–H groups in total. The van der Waals surface area contributed by atoms with Crippen molar-refractivity contribution in [2.45, 2.75) is 0 Å². The van der Waals surface area contributed by atoms with E-state index < -0.39 is 0 Å². The Hall–Kier alpha value is -6.38. The fourth-order valence-corrected chi connectivity index (χ4v) is 6.90. The second-order valence-electron chi connectivity index (χ2n) is 12.2. The van der Waals surface area contributed by atoms with E-state index >= 15 is 0 Å². The molecule has 8 aromatic carbocycles. The smallest absolute Gasteiger partial charge is 0.159 e. The minimum atomic E-state index is 0.862. The van der Waals surface area contributed by atoms with Crippen molar-refractivity contribution in [2.24, 2.45) is 0 Å².